The van der Waals surface area contributed by atoms with Crippen molar-refractivity contribution in [2.75, 3.05) is 0 Å². The molecule has 0 aliphatic carbocycles. The van der Waals surface area contributed by atoms with E-state index < -0.39 is 0 Å². The van der Waals surface area contributed by atoms with E-state index in [9.17, 15) is 0 Å². The highest BCUT2D eigenvalue weighted by molar-refractivity contribution is 7.26. The van der Waals surface area contributed by atoms with E-state index in [1.165, 1.54) is 37.0 Å². The molecule has 0 amide bonds. The predicted octanol–water partition coefficient (Wildman–Crippen LogP) is 14.5. The van der Waals surface area contributed by atoms with Gasteiger partial charge in [0.1, 0.15) is 11.2 Å². The van der Waals surface area contributed by atoms with E-state index in [2.05, 4.69) is 162 Å². The molecule has 13 aromatic rings. The van der Waals surface area contributed by atoms with Crippen LogP contribution in [0, 0.1) is 0 Å². The number of fused-ring (bicyclic) bond motifs is 13. The van der Waals surface area contributed by atoms with Gasteiger partial charge >= 0.3 is 0 Å². The fourth-order valence-corrected chi connectivity index (χ4v) is 10.4. The number of aromatic nitrogens is 4. The molecule has 4 heterocycles. The summed E-state index contributed by atoms with van der Waals surface area (Å²) in [7, 11) is 0. The number of furan rings is 1. The van der Waals surface area contributed by atoms with Crippen LogP contribution in [0.1, 0.15) is 0 Å². The molecule has 0 unspecified atom stereocenters. The second kappa shape index (κ2) is 12.4. The molecule has 59 heavy (non-hydrogen) atoms. The van der Waals surface area contributed by atoms with Gasteiger partial charge in [-0.2, -0.15) is 0 Å². The number of hydrogen-bond acceptors (Lipinski definition) is 5. The van der Waals surface area contributed by atoms with E-state index >= 15 is 0 Å². The molecule has 0 bridgehead atoms. The van der Waals surface area contributed by atoms with Gasteiger partial charge in [-0.3, -0.25) is 0 Å². The maximum Gasteiger partial charge on any atom is 0.165 e. The van der Waals surface area contributed by atoms with Crippen molar-refractivity contribution in [2.24, 2.45) is 0 Å². The van der Waals surface area contributed by atoms with E-state index in [4.69, 9.17) is 19.4 Å². The van der Waals surface area contributed by atoms with Gasteiger partial charge in [-0.05, 0) is 70.1 Å². The smallest absolute Gasteiger partial charge is 0.165 e. The summed E-state index contributed by atoms with van der Waals surface area (Å²) in [5.74, 6) is 1.88. The molecule has 0 aliphatic heterocycles. The second-order valence-corrected chi connectivity index (χ2v) is 16.2. The largest absolute Gasteiger partial charge is 0.456 e. The lowest BCUT2D eigenvalue weighted by molar-refractivity contribution is 0.669. The zero-order valence-corrected chi connectivity index (χ0v) is 32.2. The Kier molecular flexibility index (Phi) is 6.82. The highest BCUT2D eigenvalue weighted by Gasteiger charge is 2.23. The number of para-hydroxylation sites is 3. The van der Waals surface area contributed by atoms with Crippen LogP contribution in [0.5, 0.6) is 0 Å². The third-order valence-corrected chi connectivity index (χ3v) is 13.0. The van der Waals surface area contributed by atoms with Crippen molar-refractivity contribution in [1.29, 1.82) is 0 Å². The van der Waals surface area contributed by atoms with Crippen molar-refractivity contribution < 1.29 is 4.42 Å². The number of hydrogen-bond donors (Lipinski definition) is 0. The molecule has 6 heteroatoms. The Labute approximate surface area is 341 Å². The maximum atomic E-state index is 6.46. The molecule has 0 fully saturated rings. The molecule has 0 spiro atoms. The summed E-state index contributed by atoms with van der Waals surface area (Å²) in [6.07, 6.45) is 0. The van der Waals surface area contributed by atoms with Crippen LogP contribution >= 0.6 is 11.3 Å². The zero-order chi connectivity index (χ0) is 38.6. The molecular weight excluding hydrogens is 741 g/mol. The van der Waals surface area contributed by atoms with Gasteiger partial charge in [-0.1, -0.05) is 133 Å². The number of rotatable bonds is 4. The summed E-state index contributed by atoms with van der Waals surface area (Å²) in [6, 6.07) is 64.3. The fourth-order valence-electron chi connectivity index (χ4n) is 9.16. The van der Waals surface area contributed by atoms with Gasteiger partial charge in [-0.25, -0.2) is 15.0 Å². The minimum atomic E-state index is 0.625. The number of thiophene rings is 1. The molecule has 0 atom stereocenters. The summed E-state index contributed by atoms with van der Waals surface area (Å²) in [4.78, 5) is 15.9. The Hall–Kier alpha value is -7.67. The lowest BCUT2D eigenvalue weighted by atomic mass is 10.00. The monoisotopic (exact) mass is 770 g/mol. The molecule has 0 radical (unpaired) electrons. The Morgan fingerprint density at radius 1 is 0.407 bits per heavy atom. The Bertz CT molecular complexity index is 3810. The first-order chi connectivity index (χ1) is 29.2. The van der Waals surface area contributed by atoms with Crippen molar-refractivity contribution in [3.63, 3.8) is 0 Å². The molecule has 0 N–H and O–H groups in total. The van der Waals surface area contributed by atoms with E-state index in [-0.39, 0.29) is 0 Å². The van der Waals surface area contributed by atoms with Gasteiger partial charge in [0, 0.05) is 64.1 Å². The number of benzene rings is 9. The average molecular weight is 771 g/mol. The van der Waals surface area contributed by atoms with Crippen molar-refractivity contribution >= 4 is 96.8 Å². The Morgan fingerprint density at radius 2 is 1.05 bits per heavy atom. The Balaban J connectivity index is 1.14. The standard InChI is InChI=1S/C53H30N4OS/c1-2-13-32(14-3-1)51-54-52(34-24-25-37-33(28-34)23-22-31-12-4-5-15-36(31)37)56-53(55-51)42-30-35(57-43-19-9-6-16-38(43)39-17-7-10-20-44(39)57)29-41-49-47(59-50(41)42)27-26-46-48(49)40-18-8-11-21-45(40)58-46/h1-30H. The quantitative estimate of drug-likeness (QED) is 0.167. The summed E-state index contributed by atoms with van der Waals surface area (Å²) < 4.78 is 11.1. The van der Waals surface area contributed by atoms with Crippen LogP contribution in [0.3, 0.4) is 0 Å². The summed E-state index contributed by atoms with van der Waals surface area (Å²) in [5.41, 5.74) is 7.90. The topological polar surface area (TPSA) is 56.7 Å². The molecular formula is C53H30N4OS. The van der Waals surface area contributed by atoms with Crippen molar-refractivity contribution in [3.8, 4) is 39.9 Å². The fraction of sp³-hybridized carbons (Fsp3) is 0. The SMILES string of the molecule is c1ccc(-c2nc(-c3ccc4c(ccc5ccccc54)c3)nc(-c3cc(-n4c5ccccc5c5ccccc54)cc4c3sc3ccc5oc6ccccc6c5c34)n2)cc1. The molecule has 274 valence electrons. The summed E-state index contributed by atoms with van der Waals surface area (Å²) >= 11 is 1.78. The molecule has 0 aliphatic rings. The zero-order valence-electron chi connectivity index (χ0n) is 31.4. The third-order valence-electron chi connectivity index (χ3n) is 11.8. The van der Waals surface area contributed by atoms with Crippen molar-refractivity contribution in [1.82, 2.24) is 19.5 Å². The third kappa shape index (κ3) is 4.87. The van der Waals surface area contributed by atoms with E-state index in [1.54, 1.807) is 11.3 Å². The summed E-state index contributed by atoms with van der Waals surface area (Å²) in [6.45, 7) is 0. The van der Waals surface area contributed by atoms with Crippen LogP contribution < -0.4 is 0 Å². The first kappa shape index (κ1) is 32.4. The predicted molar refractivity (Wildman–Crippen MR) is 246 cm³/mol. The highest BCUT2D eigenvalue weighted by atomic mass is 32.1. The van der Waals surface area contributed by atoms with Gasteiger partial charge in [0.25, 0.3) is 0 Å². The summed E-state index contributed by atoms with van der Waals surface area (Å²) in [5, 5.41) is 11.8. The molecule has 13 rings (SSSR count). The average Bonchev–Trinajstić information content (AvgIpc) is 3.98. The van der Waals surface area contributed by atoms with Crippen LogP contribution in [-0.4, -0.2) is 19.5 Å². The van der Waals surface area contributed by atoms with Crippen molar-refractivity contribution in [2.45, 2.75) is 0 Å². The first-order valence-electron chi connectivity index (χ1n) is 19.8. The van der Waals surface area contributed by atoms with Gasteiger partial charge in [0.2, 0.25) is 0 Å². The van der Waals surface area contributed by atoms with Crippen LogP contribution in [0.25, 0.3) is 125 Å². The lowest BCUT2D eigenvalue weighted by Crippen LogP contribution is -2.01. The molecule has 9 aromatic carbocycles. The van der Waals surface area contributed by atoms with Crippen LogP contribution in [0.2, 0.25) is 0 Å². The molecule has 4 aromatic heterocycles. The minimum Gasteiger partial charge on any atom is -0.456 e. The van der Waals surface area contributed by atoms with E-state index in [0.717, 1.165) is 70.8 Å². The molecule has 0 saturated heterocycles. The van der Waals surface area contributed by atoms with Gasteiger partial charge in [-0.15, -0.1) is 11.3 Å². The van der Waals surface area contributed by atoms with E-state index in [1.807, 2.05) is 24.3 Å². The number of nitrogens with zero attached hydrogens (tertiary/aromatic N) is 4. The molecule has 0 saturated carbocycles. The minimum absolute atomic E-state index is 0.625. The van der Waals surface area contributed by atoms with E-state index in [0.29, 0.717) is 17.5 Å². The van der Waals surface area contributed by atoms with Gasteiger partial charge in [0.05, 0.1) is 11.0 Å². The first-order valence-corrected chi connectivity index (χ1v) is 20.6. The van der Waals surface area contributed by atoms with Crippen molar-refractivity contribution in [3.05, 3.63) is 182 Å². The lowest BCUT2D eigenvalue weighted by Gasteiger charge is -2.13. The van der Waals surface area contributed by atoms with Crippen LogP contribution in [-0.2, 0) is 0 Å². The maximum absolute atomic E-state index is 6.46. The second-order valence-electron chi connectivity index (χ2n) is 15.1. The highest BCUT2D eigenvalue weighted by Crippen LogP contribution is 2.47. The molecule has 5 nitrogen and oxygen atoms in total. The Morgan fingerprint density at radius 3 is 1.86 bits per heavy atom. The van der Waals surface area contributed by atoms with Gasteiger partial charge < -0.3 is 8.98 Å². The van der Waals surface area contributed by atoms with Gasteiger partial charge in [0.15, 0.2) is 17.5 Å². The normalized spacial score (nSPS) is 12.1. The van der Waals surface area contributed by atoms with Crippen LogP contribution in [0.4, 0.5) is 0 Å². The van der Waals surface area contributed by atoms with Crippen LogP contribution in [0.15, 0.2) is 186 Å².